The Morgan fingerprint density at radius 2 is 1.92 bits per heavy atom. The van der Waals surface area contributed by atoms with Crippen molar-refractivity contribution >= 4 is 35.0 Å². The Kier molecular flexibility index (Phi) is 6.32. The third-order valence-corrected chi connectivity index (χ3v) is 6.42. The van der Waals surface area contributed by atoms with Crippen LogP contribution in [0.5, 0.6) is 0 Å². The van der Waals surface area contributed by atoms with E-state index in [-0.39, 0.29) is 59.4 Å². The second-order valence-electron chi connectivity index (χ2n) is 10.6. The maximum absolute atomic E-state index is 13.4. The standard InChI is InChI=1S/C25H29F2N7O4/c1-25(2,3)38-24(37)32(4)20-11-19(29-17-6-5-7-33(23(17)36)14-8-13(26)9-14)31-21-15(12-28-34(20)21)22(35)30-18-10-16(18)27/h5-7,11-14,16,18H,8-10H2,1-4H3,(H,29,31)(H,30,35)/t13?,14?,16-,18+/m0/s1. The van der Waals surface area contributed by atoms with Gasteiger partial charge in [-0.3, -0.25) is 14.5 Å². The molecule has 0 radical (unpaired) electrons. The van der Waals surface area contributed by atoms with Gasteiger partial charge in [0.25, 0.3) is 11.5 Å². The van der Waals surface area contributed by atoms with E-state index in [2.05, 4.69) is 20.7 Å². The van der Waals surface area contributed by atoms with Gasteiger partial charge in [0.2, 0.25) is 0 Å². The number of alkyl halides is 2. The summed E-state index contributed by atoms with van der Waals surface area (Å²) in [6.07, 6.45) is 0.976. The van der Waals surface area contributed by atoms with E-state index in [1.165, 1.54) is 33.3 Å². The van der Waals surface area contributed by atoms with Crippen LogP contribution in [0, 0.1) is 0 Å². The summed E-state index contributed by atoms with van der Waals surface area (Å²) in [6, 6.07) is 3.92. The van der Waals surface area contributed by atoms with E-state index in [1.807, 2.05) is 0 Å². The van der Waals surface area contributed by atoms with Gasteiger partial charge in [0.05, 0.1) is 12.2 Å². The SMILES string of the molecule is CN(C(=O)OC(C)(C)C)c1cc(Nc2cccn(C3CC(F)C3)c2=O)nc2c(C(=O)N[C@@H]3C[C@@H]3F)cnn12. The number of ether oxygens (including phenoxy) is 1. The highest BCUT2D eigenvalue weighted by Crippen LogP contribution is 2.34. The zero-order chi connectivity index (χ0) is 27.4. The number of carbonyl (C=O) groups is 2. The average molecular weight is 530 g/mol. The van der Waals surface area contributed by atoms with Crippen LogP contribution in [0.1, 0.15) is 56.4 Å². The van der Waals surface area contributed by atoms with Crippen LogP contribution in [-0.2, 0) is 4.74 Å². The van der Waals surface area contributed by atoms with Gasteiger partial charge in [-0.25, -0.2) is 18.6 Å². The summed E-state index contributed by atoms with van der Waals surface area (Å²) < 4.78 is 35.0. The molecule has 2 amide bonds. The zero-order valence-electron chi connectivity index (χ0n) is 21.4. The monoisotopic (exact) mass is 529 g/mol. The van der Waals surface area contributed by atoms with E-state index in [0.29, 0.717) is 0 Å². The van der Waals surface area contributed by atoms with Gasteiger partial charge in [0.15, 0.2) is 5.65 Å². The van der Waals surface area contributed by atoms with Gasteiger partial charge in [0, 0.05) is 31.8 Å². The van der Waals surface area contributed by atoms with Gasteiger partial charge >= 0.3 is 6.09 Å². The predicted octanol–water partition coefficient (Wildman–Crippen LogP) is 3.52. The molecule has 2 atom stereocenters. The predicted molar refractivity (Wildman–Crippen MR) is 136 cm³/mol. The molecule has 0 aromatic carbocycles. The molecule has 2 aliphatic carbocycles. The summed E-state index contributed by atoms with van der Waals surface area (Å²) in [5.41, 5.74) is -0.787. The van der Waals surface area contributed by atoms with Gasteiger partial charge in [-0.15, -0.1) is 0 Å². The fraction of sp³-hybridized carbons (Fsp3) is 0.480. The van der Waals surface area contributed by atoms with E-state index in [1.54, 1.807) is 39.1 Å². The third kappa shape index (κ3) is 5.04. The minimum Gasteiger partial charge on any atom is -0.443 e. The maximum Gasteiger partial charge on any atom is 0.415 e. The largest absolute Gasteiger partial charge is 0.443 e. The normalized spacial score (nSPS) is 22.5. The second-order valence-corrected chi connectivity index (χ2v) is 10.6. The van der Waals surface area contributed by atoms with Gasteiger partial charge in [-0.2, -0.15) is 9.61 Å². The van der Waals surface area contributed by atoms with Gasteiger partial charge in [-0.1, -0.05) is 0 Å². The smallest absolute Gasteiger partial charge is 0.415 e. The number of pyridine rings is 1. The Bertz CT molecular complexity index is 1460. The lowest BCUT2D eigenvalue weighted by Crippen LogP contribution is -2.35. The van der Waals surface area contributed by atoms with Crippen molar-refractivity contribution in [1.29, 1.82) is 0 Å². The van der Waals surface area contributed by atoms with Crippen LogP contribution in [-0.4, -0.2) is 62.2 Å². The number of fused-ring (bicyclic) bond motifs is 1. The molecule has 2 fully saturated rings. The van der Waals surface area contributed by atoms with Crippen molar-refractivity contribution in [2.75, 3.05) is 17.3 Å². The van der Waals surface area contributed by atoms with Crippen LogP contribution in [0.2, 0.25) is 0 Å². The number of aromatic nitrogens is 4. The van der Waals surface area contributed by atoms with Crippen molar-refractivity contribution in [1.82, 2.24) is 24.5 Å². The quantitative estimate of drug-likeness (QED) is 0.501. The molecule has 0 aliphatic heterocycles. The molecule has 0 saturated heterocycles. The lowest BCUT2D eigenvalue weighted by molar-refractivity contribution is 0.0587. The Labute approximate surface area is 216 Å². The summed E-state index contributed by atoms with van der Waals surface area (Å²) >= 11 is 0. The molecule has 0 bridgehead atoms. The molecule has 0 spiro atoms. The van der Waals surface area contributed by atoms with Crippen LogP contribution in [0.4, 0.5) is 30.9 Å². The summed E-state index contributed by atoms with van der Waals surface area (Å²) in [4.78, 5) is 44.5. The van der Waals surface area contributed by atoms with Gasteiger partial charge < -0.3 is 19.9 Å². The zero-order valence-corrected chi connectivity index (χ0v) is 21.4. The van der Waals surface area contributed by atoms with Crippen LogP contribution >= 0.6 is 0 Å². The fourth-order valence-electron chi connectivity index (χ4n) is 4.17. The minimum atomic E-state index is -1.09. The number of nitrogens with zero attached hydrogens (tertiary/aromatic N) is 5. The molecule has 2 aliphatic rings. The number of rotatable bonds is 6. The van der Waals surface area contributed by atoms with Gasteiger partial charge in [0.1, 0.15) is 40.8 Å². The highest BCUT2D eigenvalue weighted by Gasteiger charge is 2.39. The first-order chi connectivity index (χ1) is 17.9. The van der Waals surface area contributed by atoms with Crippen LogP contribution in [0.15, 0.2) is 35.4 Å². The highest BCUT2D eigenvalue weighted by atomic mass is 19.1. The number of anilines is 3. The Morgan fingerprint density at radius 3 is 2.55 bits per heavy atom. The third-order valence-electron chi connectivity index (χ3n) is 6.42. The second kappa shape index (κ2) is 9.37. The fourth-order valence-corrected chi connectivity index (χ4v) is 4.17. The number of nitrogens with one attached hydrogen (secondary N) is 2. The lowest BCUT2D eigenvalue weighted by Gasteiger charge is -2.31. The van der Waals surface area contributed by atoms with Gasteiger partial charge in [-0.05, 0) is 45.7 Å². The summed E-state index contributed by atoms with van der Waals surface area (Å²) in [7, 11) is 1.48. The number of hydrogen-bond acceptors (Lipinski definition) is 7. The van der Waals surface area contributed by atoms with E-state index >= 15 is 0 Å². The molecule has 3 heterocycles. The first kappa shape index (κ1) is 25.6. The molecule has 11 nitrogen and oxygen atoms in total. The Hall–Kier alpha value is -4.03. The number of halogens is 2. The molecule has 3 aromatic rings. The molecule has 202 valence electrons. The van der Waals surface area contributed by atoms with Crippen molar-refractivity contribution < 1.29 is 23.1 Å². The van der Waals surface area contributed by atoms with E-state index in [0.717, 1.165) is 0 Å². The highest BCUT2D eigenvalue weighted by molar-refractivity contribution is 6.01. The lowest BCUT2D eigenvalue weighted by atomic mass is 9.90. The minimum absolute atomic E-state index is 0.0699. The van der Waals surface area contributed by atoms with Crippen molar-refractivity contribution in [3.8, 4) is 0 Å². The van der Waals surface area contributed by atoms with Crippen LogP contribution in [0.25, 0.3) is 5.65 Å². The molecule has 5 rings (SSSR count). The Balaban J connectivity index is 1.54. The van der Waals surface area contributed by atoms with Crippen molar-refractivity contribution in [3.63, 3.8) is 0 Å². The summed E-state index contributed by atoms with van der Waals surface area (Å²) in [5.74, 6) is -0.205. The van der Waals surface area contributed by atoms with Crippen molar-refractivity contribution in [3.05, 3.63) is 46.5 Å². The first-order valence-corrected chi connectivity index (χ1v) is 12.3. The number of amides is 2. The molecular weight excluding hydrogens is 500 g/mol. The van der Waals surface area contributed by atoms with E-state index in [9.17, 15) is 23.2 Å². The molecule has 2 N–H and O–H groups in total. The first-order valence-electron chi connectivity index (χ1n) is 12.3. The molecule has 2 saturated carbocycles. The maximum atomic E-state index is 13.4. The molecule has 13 heteroatoms. The summed E-state index contributed by atoms with van der Waals surface area (Å²) in [5, 5.41) is 9.80. The summed E-state index contributed by atoms with van der Waals surface area (Å²) in [6.45, 7) is 5.19. The van der Waals surface area contributed by atoms with E-state index in [4.69, 9.17) is 4.74 Å². The number of carbonyl (C=O) groups excluding carboxylic acids is 2. The van der Waals surface area contributed by atoms with Crippen LogP contribution < -0.4 is 21.1 Å². The Morgan fingerprint density at radius 1 is 1.21 bits per heavy atom. The van der Waals surface area contributed by atoms with Crippen molar-refractivity contribution in [2.45, 2.75) is 70.1 Å². The average Bonchev–Trinajstić information content (AvgIpc) is 3.33. The van der Waals surface area contributed by atoms with Crippen LogP contribution in [0.3, 0.4) is 0 Å². The topological polar surface area (TPSA) is 123 Å². The molecule has 0 unspecified atom stereocenters. The molecular formula is C25H29F2N7O4. The van der Waals surface area contributed by atoms with E-state index < -0.39 is 36.0 Å². The molecule has 38 heavy (non-hydrogen) atoms. The van der Waals surface area contributed by atoms with Crippen molar-refractivity contribution in [2.24, 2.45) is 0 Å². The molecule has 3 aromatic heterocycles. The number of hydrogen-bond donors (Lipinski definition) is 2.